The van der Waals surface area contributed by atoms with Crippen LogP contribution in [0.5, 0.6) is 11.5 Å². The lowest BCUT2D eigenvalue weighted by Crippen LogP contribution is -2.19. The molecular formula is C22H26N4O6S. The molecule has 1 fully saturated rings. The van der Waals surface area contributed by atoms with Crippen LogP contribution in [0.4, 0.5) is 5.82 Å². The zero-order valence-corrected chi connectivity index (χ0v) is 19.5. The summed E-state index contributed by atoms with van der Waals surface area (Å²) in [7, 11) is -3.09. The standard InChI is InChI=1S/C22H26N4O6S/c1-4-30-18-7-6-15(11-20(18)31-5-2)19-12-17(25-32-19)22(27)23-21-10-14(3)24-26(21)16-8-9-33(28,29)13-16/h6-7,10-12,16H,4-5,8-9,13H2,1-3H3,(H,23,27). The van der Waals surface area contributed by atoms with E-state index in [-0.39, 0.29) is 23.2 Å². The fourth-order valence-electron chi connectivity index (χ4n) is 3.76. The van der Waals surface area contributed by atoms with Gasteiger partial charge >= 0.3 is 0 Å². The minimum absolute atomic E-state index is 0.00496. The summed E-state index contributed by atoms with van der Waals surface area (Å²) in [6, 6.07) is 8.28. The smallest absolute Gasteiger partial charge is 0.279 e. The molecule has 0 saturated carbocycles. The van der Waals surface area contributed by atoms with Gasteiger partial charge in [0.2, 0.25) is 0 Å². The van der Waals surface area contributed by atoms with Crippen molar-refractivity contribution in [3.05, 3.63) is 41.7 Å². The number of aryl methyl sites for hydroxylation is 1. The number of aromatic nitrogens is 3. The largest absolute Gasteiger partial charge is 0.490 e. The number of rotatable bonds is 8. The average Bonchev–Trinajstić information content (AvgIpc) is 3.48. The Hall–Kier alpha value is -3.34. The van der Waals surface area contributed by atoms with E-state index in [9.17, 15) is 13.2 Å². The second-order valence-corrected chi connectivity index (χ2v) is 9.96. The van der Waals surface area contributed by atoms with Crippen molar-refractivity contribution in [3.63, 3.8) is 0 Å². The molecule has 1 aromatic carbocycles. The topological polar surface area (TPSA) is 126 Å². The van der Waals surface area contributed by atoms with Gasteiger partial charge in [0.25, 0.3) is 5.91 Å². The van der Waals surface area contributed by atoms with Crippen molar-refractivity contribution in [1.29, 1.82) is 0 Å². The Morgan fingerprint density at radius 3 is 2.64 bits per heavy atom. The van der Waals surface area contributed by atoms with Crippen molar-refractivity contribution in [3.8, 4) is 22.8 Å². The number of carbonyl (C=O) groups is 1. The monoisotopic (exact) mass is 474 g/mol. The Morgan fingerprint density at radius 2 is 1.94 bits per heavy atom. The van der Waals surface area contributed by atoms with Crippen LogP contribution in [-0.4, -0.2) is 54.0 Å². The molecule has 3 aromatic rings. The van der Waals surface area contributed by atoms with Gasteiger partial charge in [-0.2, -0.15) is 5.10 Å². The molecule has 1 aliphatic heterocycles. The molecule has 1 N–H and O–H groups in total. The fraction of sp³-hybridized carbons (Fsp3) is 0.409. The third-order valence-corrected chi connectivity index (χ3v) is 6.97. The third-order valence-electron chi connectivity index (χ3n) is 5.22. The first kappa shape index (κ1) is 22.8. The number of nitrogens with zero attached hydrogens (tertiary/aromatic N) is 3. The van der Waals surface area contributed by atoms with Crippen LogP contribution in [0.15, 0.2) is 34.9 Å². The highest BCUT2D eigenvalue weighted by Crippen LogP contribution is 2.33. The summed E-state index contributed by atoms with van der Waals surface area (Å²) >= 11 is 0. The van der Waals surface area contributed by atoms with Gasteiger partial charge in [0.1, 0.15) is 5.82 Å². The highest BCUT2D eigenvalue weighted by molar-refractivity contribution is 7.91. The molecule has 1 unspecified atom stereocenters. The van der Waals surface area contributed by atoms with Crippen LogP contribution in [0.2, 0.25) is 0 Å². The predicted octanol–water partition coefficient (Wildman–Crippen LogP) is 3.26. The first-order valence-electron chi connectivity index (χ1n) is 10.7. The number of ether oxygens (including phenoxy) is 2. The molecule has 33 heavy (non-hydrogen) atoms. The lowest BCUT2D eigenvalue weighted by molar-refractivity contribution is 0.101. The molecule has 11 heteroatoms. The number of anilines is 1. The molecule has 3 heterocycles. The van der Waals surface area contributed by atoms with Crippen molar-refractivity contribution in [2.24, 2.45) is 0 Å². The number of carbonyl (C=O) groups excluding carboxylic acids is 1. The van der Waals surface area contributed by atoms with E-state index in [4.69, 9.17) is 14.0 Å². The Morgan fingerprint density at radius 1 is 1.18 bits per heavy atom. The number of nitrogens with one attached hydrogen (secondary N) is 1. The number of hydrogen-bond donors (Lipinski definition) is 1. The van der Waals surface area contributed by atoms with Crippen molar-refractivity contribution < 1.29 is 27.2 Å². The fourth-order valence-corrected chi connectivity index (χ4v) is 5.45. The van der Waals surface area contributed by atoms with Crippen molar-refractivity contribution in [1.82, 2.24) is 14.9 Å². The van der Waals surface area contributed by atoms with E-state index in [1.165, 1.54) is 6.07 Å². The molecule has 1 atom stereocenters. The SMILES string of the molecule is CCOc1ccc(-c2cc(C(=O)Nc3cc(C)nn3C3CCS(=O)(=O)C3)no2)cc1OCC. The number of benzene rings is 1. The zero-order chi connectivity index (χ0) is 23.6. The summed E-state index contributed by atoms with van der Waals surface area (Å²) < 4.78 is 41.9. The molecule has 1 aliphatic rings. The minimum atomic E-state index is -3.09. The molecular weight excluding hydrogens is 448 g/mol. The highest BCUT2D eigenvalue weighted by atomic mass is 32.2. The highest BCUT2D eigenvalue weighted by Gasteiger charge is 2.31. The van der Waals surface area contributed by atoms with Gasteiger partial charge in [0.15, 0.2) is 32.8 Å². The summed E-state index contributed by atoms with van der Waals surface area (Å²) in [5.41, 5.74) is 1.44. The van der Waals surface area contributed by atoms with Gasteiger partial charge in [-0.15, -0.1) is 0 Å². The minimum Gasteiger partial charge on any atom is -0.490 e. The van der Waals surface area contributed by atoms with Gasteiger partial charge in [-0.3, -0.25) is 4.79 Å². The Balaban J connectivity index is 1.53. The van der Waals surface area contributed by atoms with E-state index in [0.717, 1.165) is 0 Å². The maximum Gasteiger partial charge on any atom is 0.279 e. The summed E-state index contributed by atoms with van der Waals surface area (Å²) in [5.74, 6) is 1.65. The Kier molecular flexibility index (Phi) is 6.41. The van der Waals surface area contributed by atoms with E-state index in [0.29, 0.717) is 54.0 Å². The second kappa shape index (κ2) is 9.26. The van der Waals surface area contributed by atoms with Gasteiger partial charge in [-0.25, -0.2) is 13.1 Å². The zero-order valence-electron chi connectivity index (χ0n) is 18.7. The molecule has 176 valence electrons. The van der Waals surface area contributed by atoms with Gasteiger partial charge in [-0.05, 0) is 45.4 Å². The average molecular weight is 475 g/mol. The van der Waals surface area contributed by atoms with E-state index in [1.54, 1.807) is 35.9 Å². The summed E-state index contributed by atoms with van der Waals surface area (Å²) in [4.78, 5) is 12.8. The van der Waals surface area contributed by atoms with Crippen LogP contribution in [0.25, 0.3) is 11.3 Å². The maximum atomic E-state index is 12.8. The van der Waals surface area contributed by atoms with Gasteiger partial charge in [-0.1, -0.05) is 5.16 Å². The van der Waals surface area contributed by atoms with Crippen LogP contribution in [0, 0.1) is 6.92 Å². The van der Waals surface area contributed by atoms with Crippen LogP contribution in [0.1, 0.15) is 42.5 Å². The molecule has 1 saturated heterocycles. The quantitative estimate of drug-likeness (QED) is 0.527. The normalized spacial score (nSPS) is 17.1. The number of hydrogen-bond acceptors (Lipinski definition) is 8. The summed E-state index contributed by atoms with van der Waals surface area (Å²) in [6.45, 7) is 6.54. The molecule has 0 bridgehead atoms. The first-order valence-corrected chi connectivity index (χ1v) is 12.6. The van der Waals surface area contributed by atoms with E-state index in [1.807, 2.05) is 13.8 Å². The molecule has 0 radical (unpaired) electrons. The molecule has 2 aromatic heterocycles. The molecule has 1 amide bonds. The number of amides is 1. The lowest BCUT2D eigenvalue weighted by Gasteiger charge is -2.13. The van der Waals surface area contributed by atoms with Gasteiger partial charge in [0, 0.05) is 17.7 Å². The number of sulfone groups is 1. The van der Waals surface area contributed by atoms with E-state index >= 15 is 0 Å². The molecule has 0 aliphatic carbocycles. The maximum absolute atomic E-state index is 12.8. The second-order valence-electron chi connectivity index (χ2n) is 7.73. The van der Waals surface area contributed by atoms with Crippen molar-refractivity contribution >= 4 is 21.6 Å². The van der Waals surface area contributed by atoms with Gasteiger partial charge in [0.05, 0.1) is 36.5 Å². The van der Waals surface area contributed by atoms with Gasteiger partial charge < -0.3 is 19.3 Å². The van der Waals surface area contributed by atoms with Crippen LogP contribution in [-0.2, 0) is 9.84 Å². The molecule has 0 spiro atoms. The van der Waals surface area contributed by atoms with Crippen LogP contribution in [0.3, 0.4) is 0 Å². The van der Waals surface area contributed by atoms with Crippen molar-refractivity contribution in [2.75, 3.05) is 30.0 Å². The Labute approximate surface area is 191 Å². The summed E-state index contributed by atoms with van der Waals surface area (Å²) in [5, 5.41) is 11.0. The van der Waals surface area contributed by atoms with E-state index < -0.39 is 15.7 Å². The van der Waals surface area contributed by atoms with E-state index in [2.05, 4.69) is 15.6 Å². The summed E-state index contributed by atoms with van der Waals surface area (Å²) in [6.07, 6.45) is 0.459. The Bertz CT molecular complexity index is 1260. The van der Waals surface area contributed by atoms with Crippen LogP contribution < -0.4 is 14.8 Å². The third kappa shape index (κ3) is 5.03. The molecule has 10 nitrogen and oxygen atoms in total. The lowest BCUT2D eigenvalue weighted by atomic mass is 10.1. The first-order chi connectivity index (χ1) is 15.8. The van der Waals surface area contributed by atoms with Crippen molar-refractivity contribution in [2.45, 2.75) is 33.2 Å². The predicted molar refractivity (Wildman–Crippen MR) is 122 cm³/mol. The van der Waals surface area contributed by atoms with Crippen LogP contribution >= 0.6 is 0 Å². The molecule has 4 rings (SSSR count).